The van der Waals surface area contributed by atoms with Crippen LogP contribution in [0.25, 0.3) is 0 Å². The van der Waals surface area contributed by atoms with Crippen LogP contribution in [0.5, 0.6) is 11.5 Å². The van der Waals surface area contributed by atoms with Crippen molar-refractivity contribution < 1.29 is 24.0 Å². The number of non-ortho nitro benzene ring substituents is 1. The van der Waals surface area contributed by atoms with Crippen LogP contribution in [0.15, 0.2) is 47.6 Å². The van der Waals surface area contributed by atoms with Crippen molar-refractivity contribution in [3.8, 4) is 11.5 Å². The van der Waals surface area contributed by atoms with Gasteiger partial charge in [0.05, 0.1) is 25.6 Å². The lowest BCUT2D eigenvalue weighted by molar-refractivity contribution is -0.384. The van der Waals surface area contributed by atoms with Crippen LogP contribution in [0.1, 0.15) is 11.1 Å². The van der Waals surface area contributed by atoms with E-state index >= 15 is 0 Å². The lowest BCUT2D eigenvalue weighted by Crippen LogP contribution is -2.17. The van der Waals surface area contributed by atoms with Crippen LogP contribution in [0, 0.1) is 10.1 Å². The van der Waals surface area contributed by atoms with E-state index in [4.69, 9.17) is 20.0 Å². The van der Waals surface area contributed by atoms with Gasteiger partial charge in [-0.2, -0.15) is 0 Å². The number of carbonyl (C=O) groups excluding carboxylic acids is 1. The van der Waals surface area contributed by atoms with Crippen molar-refractivity contribution >= 4 is 17.5 Å². The minimum Gasteiger partial charge on any atom is -0.493 e. The number of ether oxygens (including phenoxy) is 2. The highest BCUT2D eigenvalue weighted by molar-refractivity contribution is 5.83. The van der Waals surface area contributed by atoms with Crippen LogP contribution in [0.2, 0.25) is 0 Å². The fraction of sp³-hybridized carbons (Fsp3) is 0.222. The number of oxime groups is 1. The third-order valence-electron chi connectivity index (χ3n) is 3.59. The van der Waals surface area contributed by atoms with Gasteiger partial charge < -0.3 is 20.0 Å². The van der Waals surface area contributed by atoms with Crippen LogP contribution in [0.4, 0.5) is 5.69 Å². The molecule has 0 aromatic heterocycles. The zero-order valence-electron chi connectivity index (χ0n) is 14.9. The van der Waals surface area contributed by atoms with Gasteiger partial charge in [0, 0.05) is 18.6 Å². The number of methoxy groups -OCH3 is 2. The van der Waals surface area contributed by atoms with E-state index in [-0.39, 0.29) is 24.4 Å². The molecule has 0 aliphatic heterocycles. The Labute approximate surface area is 155 Å². The van der Waals surface area contributed by atoms with E-state index in [1.807, 2.05) is 0 Å². The standard InChI is InChI=1S/C18H19N3O6/c1-25-15-8-5-13(9-16(15)26-2)11-18(22)27-20-17(19)10-12-3-6-14(7-4-12)21(23)24/h3-9H,10-11H2,1-2H3,(H2,19,20). The Kier molecular flexibility index (Phi) is 6.70. The first kappa shape index (κ1) is 19.7. The third kappa shape index (κ3) is 5.70. The number of benzene rings is 2. The van der Waals surface area contributed by atoms with Crippen molar-refractivity contribution in [2.75, 3.05) is 14.2 Å². The van der Waals surface area contributed by atoms with Gasteiger partial charge in [0.25, 0.3) is 5.69 Å². The van der Waals surface area contributed by atoms with Crippen molar-refractivity contribution in [3.05, 3.63) is 63.7 Å². The molecule has 0 bridgehead atoms. The number of nitro benzene ring substituents is 1. The number of hydrogen-bond acceptors (Lipinski definition) is 7. The summed E-state index contributed by atoms with van der Waals surface area (Å²) in [5.41, 5.74) is 7.09. The molecule has 0 aliphatic rings. The van der Waals surface area contributed by atoms with E-state index in [0.717, 1.165) is 0 Å². The minimum atomic E-state index is -0.589. The smallest absolute Gasteiger partial charge is 0.339 e. The van der Waals surface area contributed by atoms with E-state index in [1.165, 1.54) is 26.4 Å². The van der Waals surface area contributed by atoms with Gasteiger partial charge >= 0.3 is 5.97 Å². The molecule has 2 rings (SSSR count). The second kappa shape index (κ2) is 9.18. The molecule has 2 N–H and O–H groups in total. The summed E-state index contributed by atoms with van der Waals surface area (Å²) in [6.07, 6.45) is 0.177. The summed E-state index contributed by atoms with van der Waals surface area (Å²) < 4.78 is 10.3. The Hall–Kier alpha value is -3.62. The Bertz CT molecular complexity index is 849. The van der Waals surface area contributed by atoms with Crippen LogP contribution < -0.4 is 15.2 Å². The summed E-state index contributed by atoms with van der Waals surface area (Å²) in [4.78, 5) is 26.9. The van der Waals surface area contributed by atoms with Gasteiger partial charge in [0.2, 0.25) is 0 Å². The Morgan fingerprint density at radius 3 is 2.26 bits per heavy atom. The molecular weight excluding hydrogens is 354 g/mol. The summed E-state index contributed by atoms with van der Waals surface area (Å²) in [7, 11) is 3.03. The molecule has 0 spiro atoms. The third-order valence-corrected chi connectivity index (χ3v) is 3.59. The molecule has 0 radical (unpaired) electrons. The largest absolute Gasteiger partial charge is 0.493 e. The van der Waals surface area contributed by atoms with E-state index < -0.39 is 10.9 Å². The highest BCUT2D eigenvalue weighted by atomic mass is 16.7. The van der Waals surface area contributed by atoms with Crippen molar-refractivity contribution in [1.29, 1.82) is 0 Å². The predicted octanol–water partition coefficient (Wildman–Crippen LogP) is 2.21. The van der Waals surface area contributed by atoms with E-state index in [2.05, 4.69) is 5.16 Å². The van der Waals surface area contributed by atoms with Gasteiger partial charge in [-0.3, -0.25) is 10.1 Å². The minimum absolute atomic E-state index is 0.0180. The molecule has 0 fully saturated rings. The lowest BCUT2D eigenvalue weighted by atomic mass is 10.1. The Morgan fingerprint density at radius 1 is 1.04 bits per heavy atom. The first-order valence-electron chi connectivity index (χ1n) is 7.89. The fourth-order valence-electron chi connectivity index (χ4n) is 2.28. The van der Waals surface area contributed by atoms with Crippen molar-refractivity contribution in [1.82, 2.24) is 0 Å². The van der Waals surface area contributed by atoms with Crippen molar-refractivity contribution in [3.63, 3.8) is 0 Å². The van der Waals surface area contributed by atoms with E-state index in [1.54, 1.807) is 30.3 Å². The number of nitro groups is 1. The normalized spacial score (nSPS) is 11.0. The maximum atomic E-state index is 11.9. The topological polar surface area (TPSA) is 126 Å². The average molecular weight is 373 g/mol. The summed E-state index contributed by atoms with van der Waals surface area (Å²) in [5, 5.41) is 14.2. The molecule has 0 unspecified atom stereocenters. The Balaban J connectivity index is 1.92. The number of carbonyl (C=O) groups is 1. The molecule has 2 aromatic rings. The highest BCUT2D eigenvalue weighted by Gasteiger charge is 2.10. The molecule has 9 heteroatoms. The first-order chi connectivity index (χ1) is 12.9. The molecule has 0 amide bonds. The van der Waals surface area contributed by atoms with Gasteiger partial charge in [-0.15, -0.1) is 0 Å². The maximum absolute atomic E-state index is 11.9. The van der Waals surface area contributed by atoms with Gasteiger partial charge in [0.1, 0.15) is 5.84 Å². The number of nitrogens with zero attached hydrogens (tertiary/aromatic N) is 2. The zero-order valence-corrected chi connectivity index (χ0v) is 14.9. The summed E-state index contributed by atoms with van der Waals surface area (Å²) in [5.74, 6) is 0.544. The molecule has 9 nitrogen and oxygen atoms in total. The molecule has 2 aromatic carbocycles. The number of rotatable bonds is 8. The van der Waals surface area contributed by atoms with Crippen LogP contribution >= 0.6 is 0 Å². The highest BCUT2D eigenvalue weighted by Crippen LogP contribution is 2.27. The molecule has 27 heavy (non-hydrogen) atoms. The summed E-state index contributed by atoms with van der Waals surface area (Å²) >= 11 is 0. The van der Waals surface area contributed by atoms with Gasteiger partial charge in [-0.25, -0.2) is 4.79 Å². The van der Waals surface area contributed by atoms with Crippen molar-refractivity contribution in [2.24, 2.45) is 10.9 Å². The van der Waals surface area contributed by atoms with E-state index in [0.29, 0.717) is 22.6 Å². The van der Waals surface area contributed by atoms with E-state index in [9.17, 15) is 14.9 Å². The molecule has 0 aliphatic carbocycles. The van der Waals surface area contributed by atoms with Gasteiger partial charge in [-0.05, 0) is 23.3 Å². The zero-order chi connectivity index (χ0) is 19.8. The Morgan fingerprint density at radius 2 is 1.67 bits per heavy atom. The number of nitrogens with two attached hydrogens (primary N) is 1. The first-order valence-corrected chi connectivity index (χ1v) is 7.89. The second-order valence-corrected chi connectivity index (χ2v) is 5.51. The van der Waals surface area contributed by atoms with Crippen LogP contribution in [-0.2, 0) is 22.5 Å². The molecule has 0 saturated carbocycles. The fourth-order valence-corrected chi connectivity index (χ4v) is 2.28. The monoisotopic (exact) mass is 373 g/mol. The average Bonchev–Trinajstić information content (AvgIpc) is 2.66. The maximum Gasteiger partial charge on any atom is 0.339 e. The molecular formula is C18H19N3O6. The second-order valence-electron chi connectivity index (χ2n) is 5.51. The van der Waals surface area contributed by atoms with Crippen LogP contribution in [-0.4, -0.2) is 30.9 Å². The van der Waals surface area contributed by atoms with Crippen LogP contribution in [0.3, 0.4) is 0 Å². The number of amidine groups is 1. The molecule has 142 valence electrons. The number of hydrogen-bond donors (Lipinski definition) is 1. The molecule has 0 heterocycles. The summed E-state index contributed by atoms with van der Waals surface area (Å²) in [6.45, 7) is 0. The predicted molar refractivity (Wildman–Crippen MR) is 97.8 cm³/mol. The SMILES string of the molecule is COc1ccc(CC(=O)O/N=C(\N)Cc2ccc([N+](=O)[O-])cc2)cc1OC. The summed E-state index contributed by atoms with van der Waals surface area (Å²) in [6, 6.07) is 10.9. The lowest BCUT2D eigenvalue weighted by Gasteiger charge is -2.08. The van der Waals surface area contributed by atoms with Crippen molar-refractivity contribution in [2.45, 2.75) is 12.8 Å². The van der Waals surface area contributed by atoms with Gasteiger partial charge in [-0.1, -0.05) is 23.4 Å². The quantitative estimate of drug-likeness (QED) is 0.247. The van der Waals surface area contributed by atoms with Gasteiger partial charge in [0.15, 0.2) is 11.5 Å². The molecule has 0 saturated heterocycles. The molecule has 0 atom stereocenters.